The zero-order chi connectivity index (χ0) is 14.2. The molecule has 20 heavy (non-hydrogen) atoms. The van der Waals surface area contributed by atoms with Gasteiger partial charge >= 0.3 is 12.0 Å². The van der Waals surface area contributed by atoms with Gasteiger partial charge in [0.25, 0.3) is 0 Å². The second-order valence-electron chi connectivity index (χ2n) is 3.96. The van der Waals surface area contributed by atoms with Gasteiger partial charge in [-0.1, -0.05) is 48.5 Å². The summed E-state index contributed by atoms with van der Waals surface area (Å²) >= 11 is 0. The lowest BCUT2D eigenvalue weighted by molar-refractivity contribution is -0.130. The van der Waals surface area contributed by atoms with E-state index in [1.165, 1.54) is 0 Å². The van der Waals surface area contributed by atoms with E-state index in [1.54, 1.807) is 18.2 Å². The predicted octanol–water partition coefficient (Wildman–Crippen LogP) is 2.99. The largest absolute Gasteiger partial charge is 0.453 e. The molecular weight excluding hydrogens is 252 g/mol. The lowest BCUT2D eigenvalue weighted by Crippen LogP contribution is -2.10. The lowest BCUT2D eigenvalue weighted by atomic mass is 10.2. The van der Waals surface area contributed by atoms with E-state index in [0.717, 1.165) is 11.8 Å². The fourth-order valence-corrected chi connectivity index (χ4v) is 1.59. The Hall–Kier alpha value is -2.97. The topological polar surface area (TPSA) is 64.2 Å². The van der Waals surface area contributed by atoms with Gasteiger partial charge in [-0.2, -0.15) is 0 Å². The van der Waals surface area contributed by atoms with Crippen LogP contribution in [0.5, 0.6) is 5.75 Å². The van der Waals surface area contributed by atoms with Crippen molar-refractivity contribution in [3.05, 3.63) is 72.0 Å². The number of nitrogens with zero attached hydrogens (tertiary/aromatic N) is 1. The molecule has 0 aromatic heterocycles. The van der Waals surface area contributed by atoms with Gasteiger partial charge in [0.15, 0.2) is 5.76 Å². The summed E-state index contributed by atoms with van der Waals surface area (Å²) in [5, 5.41) is 0. The fourth-order valence-electron chi connectivity index (χ4n) is 1.59. The monoisotopic (exact) mass is 265 g/mol. The molecule has 0 unspecified atom stereocenters. The first-order chi connectivity index (χ1) is 9.79. The first-order valence-corrected chi connectivity index (χ1v) is 6.03. The Morgan fingerprint density at radius 3 is 2.20 bits per heavy atom. The van der Waals surface area contributed by atoms with Crippen LogP contribution in [-0.4, -0.2) is 16.8 Å². The van der Waals surface area contributed by atoms with Crippen LogP contribution < -0.4 is 4.74 Å². The van der Waals surface area contributed by atoms with Crippen molar-refractivity contribution < 1.29 is 14.3 Å². The van der Waals surface area contributed by atoms with E-state index in [2.05, 4.69) is 4.79 Å². The standard InChI is InChI=1S/C16H13N2O2/c17-18-12-15(19)16(11-13-7-3-1-4-8-13)20-14-9-5-2-6-10-14/h1-12,17H/q+1/b16-11-. The van der Waals surface area contributed by atoms with Crippen molar-refractivity contribution in [2.45, 2.75) is 0 Å². The second kappa shape index (κ2) is 6.83. The average Bonchev–Trinajstić information content (AvgIpc) is 2.49. The van der Waals surface area contributed by atoms with E-state index < -0.39 is 5.78 Å². The van der Waals surface area contributed by atoms with E-state index in [1.807, 2.05) is 48.5 Å². The van der Waals surface area contributed by atoms with Crippen LogP contribution in [-0.2, 0) is 4.79 Å². The van der Waals surface area contributed by atoms with Crippen LogP contribution >= 0.6 is 0 Å². The molecule has 0 saturated carbocycles. The Morgan fingerprint density at radius 1 is 1.00 bits per heavy atom. The maximum Gasteiger partial charge on any atom is 0.380 e. The van der Waals surface area contributed by atoms with Gasteiger partial charge in [0.05, 0.1) is 10.3 Å². The molecule has 0 spiro atoms. The van der Waals surface area contributed by atoms with E-state index in [4.69, 9.17) is 10.3 Å². The molecule has 2 aromatic rings. The number of allylic oxidation sites excluding steroid dienone is 1. The van der Waals surface area contributed by atoms with Crippen LogP contribution in [0, 0.1) is 5.53 Å². The summed E-state index contributed by atoms with van der Waals surface area (Å²) in [5.74, 6) is 0.229. The Labute approximate surface area is 116 Å². The third-order valence-electron chi connectivity index (χ3n) is 2.49. The van der Waals surface area contributed by atoms with Crippen LogP contribution in [0.2, 0.25) is 0 Å². The van der Waals surface area contributed by atoms with Gasteiger partial charge in [0.1, 0.15) is 5.75 Å². The summed E-state index contributed by atoms with van der Waals surface area (Å²) in [6, 6.07) is 18.4. The van der Waals surface area contributed by atoms with Crippen LogP contribution in [0.15, 0.2) is 66.4 Å². The first-order valence-electron chi connectivity index (χ1n) is 6.03. The third kappa shape index (κ3) is 3.77. The molecule has 0 heterocycles. The van der Waals surface area contributed by atoms with E-state index >= 15 is 0 Å². The first kappa shape index (κ1) is 13.5. The van der Waals surface area contributed by atoms with Gasteiger partial charge in [-0.25, -0.2) is 0 Å². The summed E-state index contributed by atoms with van der Waals surface area (Å²) in [6.07, 6.45) is 2.54. The molecule has 4 heteroatoms. The molecule has 0 atom stereocenters. The van der Waals surface area contributed by atoms with E-state index in [9.17, 15) is 4.79 Å². The van der Waals surface area contributed by atoms with Crippen LogP contribution in [0.1, 0.15) is 5.56 Å². The summed E-state index contributed by atoms with van der Waals surface area (Å²) in [4.78, 5) is 14.9. The van der Waals surface area contributed by atoms with Crippen LogP contribution in [0.4, 0.5) is 0 Å². The number of ketones is 1. The molecular formula is C16H13N2O2+. The van der Waals surface area contributed by atoms with Crippen molar-refractivity contribution in [2.24, 2.45) is 0 Å². The predicted molar refractivity (Wildman–Crippen MR) is 75.5 cm³/mol. The van der Waals surface area contributed by atoms with E-state index in [0.29, 0.717) is 5.75 Å². The highest BCUT2D eigenvalue weighted by Gasteiger charge is 2.15. The highest BCUT2D eigenvalue weighted by molar-refractivity contribution is 6.33. The molecule has 0 aliphatic heterocycles. The Balaban J connectivity index is 2.32. The number of ether oxygens (including phenoxy) is 1. The number of hydrogen-bond donors (Lipinski definition) is 1. The van der Waals surface area contributed by atoms with Gasteiger partial charge in [-0.15, -0.1) is 0 Å². The highest BCUT2D eigenvalue weighted by Crippen LogP contribution is 2.15. The average molecular weight is 265 g/mol. The number of benzene rings is 2. The Kier molecular flexibility index (Phi) is 4.60. The van der Waals surface area contributed by atoms with Gasteiger partial charge in [-0.05, 0) is 23.8 Å². The number of carbonyl (C=O) groups excluding carboxylic acids is 1. The van der Waals surface area contributed by atoms with Crippen molar-refractivity contribution in [3.63, 3.8) is 0 Å². The fraction of sp³-hybridized carbons (Fsp3) is 0. The van der Waals surface area contributed by atoms with E-state index in [-0.39, 0.29) is 5.76 Å². The molecule has 0 aliphatic rings. The molecule has 0 fully saturated rings. The molecule has 0 amide bonds. The number of rotatable bonds is 5. The maximum atomic E-state index is 11.9. The van der Waals surface area contributed by atoms with Gasteiger partial charge in [0.2, 0.25) is 0 Å². The third-order valence-corrected chi connectivity index (χ3v) is 2.49. The molecule has 1 N–H and O–H groups in total. The smallest absolute Gasteiger partial charge is 0.380 e. The summed E-state index contributed by atoms with van der Waals surface area (Å²) in [6.45, 7) is 0. The molecule has 0 aliphatic carbocycles. The zero-order valence-electron chi connectivity index (χ0n) is 10.7. The quantitative estimate of drug-likeness (QED) is 0.297. The highest BCUT2D eigenvalue weighted by atomic mass is 16.5. The molecule has 0 saturated heterocycles. The number of hydrogen-bond acceptors (Lipinski definition) is 3. The number of carbonyl (C=O) groups is 1. The zero-order valence-corrected chi connectivity index (χ0v) is 10.7. The number of para-hydroxylation sites is 1. The van der Waals surface area contributed by atoms with Gasteiger partial charge < -0.3 is 4.74 Å². The van der Waals surface area contributed by atoms with Crippen LogP contribution in [0.3, 0.4) is 0 Å². The second-order valence-corrected chi connectivity index (χ2v) is 3.96. The van der Waals surface area contributed by atoms with Gasteiger partial charge in [0, 0.05) is 0 Å². The molecule has 2 aromatic carbocycles. The van der Waals surface area contributed by atoms with Crippen molar-refractivity contribution in [1.29, 1.82) is 5.53 Å². The lowest BCUT2D eigenvalue weighted by Gasteiger charge is -2.05. The van der Waals surface area contributed by atoms with Crippen molar-refractivity contribution in [2.75, 3.05) is 0 Å². The van der Waals surface area contributed by atoms with Crippen LogP contribution in [0.25, 0.3) is 6.08 Å². The van der Waals surface area contributed by atoms with Crippen molar-refractivity contribution in [3.8, 4) is 5.75 Å². The molecule has 2 rings (SSSR count). The maximum absolute atomic E-state index is 11.9. The number of nitrogens with one attached hydrogen (secondary N) is 1. The van der Waals surface area contributed by atoms with Crippen molar-refractivity contribution in [1.82, 2.24) is 0 Å². The summed E-state index contributed by atoms with van der Waals surface area (Å²) < 4.78 is 5.57. The molecule has 98 valence electrons. The molecule has 0 radical (unpaired) electrons. The van der Waals surface area contributed by atoms with Gasteiger partial charge in [-0.3, -0.25) is 4.79 Å². The summed E-state index contributed by atoms with van der Waals surface area (Å²) in [7, 11) is 0. The minimum atomic E-state index is -0.451. The normalized spacial score (nSPS) is 10.5. The number of Topliss-reactive ketones (excluding diaryl/α,β-unsaturated/α-hetero) is 1. The Morgan fingerprint density at radius 2 is 1.60 bits per heavy atom. The Bertz CT molecular complexity index is 657. The minimum absolute atomic E-state index is 0.124. The SMILES string of the molecule is N=[N+]=CC(=O)/C(=C/c1ccccc1)Oc1ccccc1. The molecule has 4 nitrogen and oxygen atoms in total. The minimum Gasteiger partial charge on any atom is -0.453 e. The summed E-state index contributed by atoms with van der Waals surface area (Å²) in [5.41, 5.74) is 7.59. The molecule has 0 bridgehead atoms. The van der Waals surface area contributed by atoms with Crippen molar-refractivity contribution >= 4 is 18.1 Å².